The molecule has 0 saturated heterocycles. The van der Waals surface area contributed by atoms with Gasteiger partial charge in [0.05, 0.1) is 14.2 Å². The summed E-state index contributed by atoms with van der Waals surface area (Å²) in [5, 5.41) is 29.8. The van der Waals surface area contributed by atoms with Gasteiger partial charge in [-0.25, -0.2) is 14.4 Å². The number of aromatic nitrogens is 4. The Hall–Kier alpha value is -5.68. The highest BCUT2D eigenvalue weighted by Gasteiger charge is 2.33. The Morgan fingerprint density at radius 2 is 1.43 bits per heavy atom. The van der Waals surface area contributed by atoms with E-state index < -0.39 is 45.5 Å². The minimum atomic E-state index is -4.88. The standard InChI is InChI=1S/C27H23N5O11S/c1-40-16-7-3-14(4-8-16)21-23-25(31-43-30-23)22(15-5-9-17(41-2)10-6-15)29-24(21)26(35)28-18(13-44(37,38)39)27(36)42-32-19(33)11-12-20(32)34/h3-12,18,33-34H,13H2,1-2H3,(H,28,35)(H,37,38,39). The first-order chi connectivity index (χ1) is 21.0. The van der Waals surface area contributed by atoms with E-state index in [0.717, 1.165) is 12.1 Å². The van der Waals surface area contributed by atoms with Crippen LogP contribution in [0.5, 0.6) is 23.3 Å². The van der Waals surface area contributed by atoms with Gasteiger partial charge in [0.25, 0.3) is 16.0 Å². The van der Waals surface area contributed by atoms with Crippen molar-refractivity contribution in [3.8, 4) is 45.6 Å². The van der Waals surface area contributed by atoms with E-state index in [1.54, 1.807) is 48.5 Å². The molecule has 0 aliphatic heterocycles. The molecule has 44 heavy (non-hydrogen) atoms. The van der Waals surface area contributed by atoms with Gasteiger partial charge in [-0.3, -0.25) is 9.35 Å². The van der Waals surface area contributed by atoms with Crippen LogP contribution in [0.3, 0.4) is 0 Å². The molecule has 2 aromatic carbocycles. The summed E-state index contributed by atoms with van der Waals surface area (Å²) in [5.74, 6) is -4.22. The molecule has 0 saturated carbocycles. The van der Waals surface area contributed by atoms with Crippen LogP contribution in [0.2, 0.25) is 0 Å². The number of nitrogens with zero attached hydrogens (tertiary/aromatic N) is 4. The molecule has 0 spiro atoms. The monoisotopic (exact) mass is 625 g/mol. The van der Waals surface area contributed by atoms with Crippen LogP contribution in [0.1, 0.15) is 10.5 Å². The second-order valence-corrected chi connectivity index (χ2v) is 10.6. The fraction of sp³-hybridized carbons (Fsp3) is 0.148. The summed E-state index contributed by atoms with van der Waals surface area (Å²) in [6.07, 6.45) is 0. The van der Waals surface area contributed by atoms with E-state index in [1.165, 1.54) is 14.2 Å². The first-order valence-corrected chi connectivity index (χ1v) is 14.1. The summed E-state index contributed by atoms with van der Waals surface area (Å²) in [4.78, 5) is 36.2. The maximum Gasteiger partial charge on any atom is 0.356 e. The van der Waals surface area contributed by atoms with Gasteiger partial charge in [-0.2, -0.15) is 8.42 Å². The SMILES string of the molecule is COc1ccc(-c2nc(C(=O)NC(CS(=O)(=O)O)C(=O)On3c(O)ccc3O)c(-c3ccc(OC)cc3)c3nonc23)cc1. The van der Waals surface area contributed by atoms with Crippen LogP contribution < -0.4 is 19.6 Å². The summed E-state index contributed by atoms with van der Waals surface area (Å²) in [6, 6.07) is 13.0. The van der Waals surface area contributed by atoms with Crippen LogP contribution in [0.15, 0.2) is 65.3 Å². The predicted octanol–water partition coefficient (Wildman–Crippen LogP) is 1.82. The molecular formula is C27H23N5O11S. The summed E-state index contributed by atoms with van der Waals surface area (Å²) in [5.41, 5.74) is 1.11. The van der Waals surface area contributed by atoms with Crippen molar-refractivity contribution in [2.75, 3.05) is 20.0 Å². The van der Waals surface area contributed by atoms with E-state index in [0.29, 0.717) is 27.4 Å². The van der Waals surface area contributed by atoms with Gasteiger partial charge in [0.2, 0.25) is 11.8 Å². The molecule has 0 aliphatic carbocycles. The van der Waals surface area contributed by atoms with Gasteiger partial charge in [0.1, 0.15) is 40.2 Å². The van der Waals surface area contributed by atoms with Crippen molar-refractivity contribution in [3.63, 3.8) is 0 Å². The van der Waals surface area contributed by atoms with Gasteiger partial charge < -0.3 is 29.8 Å². The Morgan fingerprint density at radius 3 is 1.98 bits per heavy atom. The highest BCUT2D eigenvalue weighted by atomic mass is 32.2. The molecule has 16 nitrogen and oxygen atoms in total. The topological polar surface area (TPSA) is 225 Å². The fourth-order valence-electron chi connectivity index (χ4n) is 4.24. The zero-order chi connectivity index (χ0) is 31.6. The average molecular weight is 626 g/mol. The van der Waals surface area contributed by atoms with E-state index >= 15 is 0 Å². The summed E-state index contributed by atoms with van der Waals surface area (Å²) < 4.78 is 48.9. The molecule has 1 unspecified atom stereocenters. The molecule has 3 aromatic heterocycles. The van der Waals surface area contributed by atoms with Crippen LogP contribution in [-0.2, 0) is 14.9 Å². The normalized spacial score (nSPS) is 12.1. The number of fused-ring (bicyclic) bond motifs is 1. The van der Waals surface area contributed by atoms with Gasteiger partial charge in [-0.05, 0) is 52.3 Å². The van der Waals surface area contributed by atoms with Gasteiger partial charge in [-0.15, -0.1) is 4.73 Å². The van der Waals surface area contributed by atoms with Gasteiger partial charge in [0.15, 0.2) is 5.52 Å². The van der Waals surface area contributed by atoms with Crippen molar-refractivity contribution in [2.24, 2.45) is 0 Å². The molecule has 5 aromatic rings. The number of rotatable bonds is 10. The third-order valence-corrected chi connectivity index (χ3v) is 7.07. The number of carbonyl (C=O) groups excluding carboxylic acids is 2. The van der Waals surface area contributed by atoms with Gasteiger partial charge in [-0.1, -0.05) is 12.1 Å². The molecule has 4 N–H and O–H groups in total. The van der Waals surface area contributed by atoms with Crippen molar-refractivity contribution >= 4 is 33.0 Å². The number of carbonyl (C=O) groups is 2. The summed E-state index contributed by atoms with van der Waals surface area (Å²) in [6.45, 7) is 0. The third-order valence-electron chi connectivity index (χ3n) is 6.31. The van der Waals surface area contributed by atoms with Crippen molar-refractivity contribution in [3.05, 3.63) is 66.4 Å². The maximum absolute atomic E-state index is 13.9. The van der Waals surface area contributed by atoms with Crippen LogP contribution in [0.25, 0.3) is 33.4 Å². The van der Waals surface area contributed by atoms with E-state index in [-0.39, 0.29) is 28.0 Å². The average Bonchev–Trinajstić information content (AvgIpc) is 3.62. The number of methoxy groups -OCH3 is 2. The first-order valence-electron chi connectivity index (χ1n) is 12.5. The second-order valence-electron chi connectivity index (χ2n) is 9.13. The van der Waals surface area contributed by atoms with Gasteiger partial charge >= 0.3 is 5.97 Å². The lowest BCUT2D eigenvalue weighted by Gasteiger charge is -2.18. The lowest BCUT2D eigenvalue weighted by molar-refractivity contribution is -0.147. The van der Waals surface area contributed by atoms with Crippen molar-refractivity contribution < 1.29 is 51.7 Å². The maximum atomic E-state index is 13.9. The lowest BCUT2D eigenvalue weighted by Crippen LogP contribution is -2.49. The minimum Gasteiger partial charge on any atom is -0.497 e. The van der Waals surface area contributed by atoms with Crippen molar-refractivity contribution in [2.45, 2.75) is 6.04 Å². The Balaban J connectivity index is 1.63. The Bertz CT molecular complexity index is 1930. The van der Waals surface area contributed by atoms with Crippen LogP contribution >= 0.6 is 0 Å². The molecule has 3 heterocycles. The zero-order valence-electron chi connectivity index (χ0n) is 22.9. The molecule has 17 heteroatoms. The summed E-state index contributed by atoms with van der Waals surface area (Å²) >= 11 is 0. The number of ether oxygens (including phenoxy) is 2. The quantitative estimate of drug-likeness (QED) is 0.162. The number of nitrogens with one attached hydrogen (secondary N) is 1. The number of aromatic hydroxyl groups is 2. The number of amides is 1. The number of hydrogen-bond acceptors (Lipinski definition) is 13. The molecular weight excluding hydrogens is 602 g/mol. The smallest absolute Gasteiger partial charge is 0.356 e. The molecule has 0 bridgehead atoms. The van der Waals surface area contributed by atoms with Crippen molar-refractivity contribution in [1.82, 2.24) is 25.3 Å². The largest absolute Gasteiger partial charge is 0.497 e. The first kappa shape index (κ1) is 29.8. The summed E-state index contributed by atoms with van der Waals surface area (Å²) in [7, 11) is -1.92. The van der Waals surface area contributed by atoms with Crippen LogP contribution in [-0.4, -0.2) is 81.1 Å². The molecule has 0 aliphatic rings. The molecule has 228 valence electrons. The molecule has 0 fully saturated rings. The molecule has 5 rings (SSSR count). The minimum absolute atomic E-state index is 0.109. The Kier molecular flexibility index (Phi) is 8.06. The van der Waals surface area contributed by atoms with Crippen LogP contribution in [0.4, 0.5) is 0 Å². The van der Waals surface area contributed by atoms with E-state index in [4.69, 9.17) is 18.9 Å². The second kappa shape index (κ2) is 11.9. The van der Waals surface area contributed by atoms with E-state index in [2.05, 4.69) is 20.6 Å². The fourth-order valence-corrected chi connectivity index (χ4v) is 4.88. The lowest BCUT2D eigenvalue weighted by atomic mass is 9.99. The molecule has 0 radical (unpaired) electrons. The van der Waals surface area contributed by atoms with E-state index in [9.17, 15) is 32.8 Å². The number of benzene rings is 2. The Morgan fingerprint density at radius 1 is 0.886 bits per heavy atom. The van der Waals surface area contributed by atoms with Gasteiger partial charge in [0, 0.05) is 23.3 Å². The zero-order valence-corrected chi connectivity index (χ0v) is 23.7. The molecule has 1 atom stereocenters. The number of pyridine rings is 1. The van der Waals surface area contributed by atoms with Crippen LogP contribution in [0, 0.1) is 0 Å². The highest BCUT2D eigenvalue weighted by Crippen LogP contribution is 2.36. The predicted molar refractivity (Wildman–Crippen MR) is 151 cm³/mol. The highest BCUT2D eigenvalue weighted by molar-refractivity contribution is 7.85. The Labute approximate surface area is 248 Å². The third kappa shape index (κ3) is 6.08. The van der Waals surface area contributed by atoms with Crippen molar-refractivity contribution in [1.29, 1.82) is 0 Å². The molecule has 1 amide bonds. The number of hydrogen-bond donors (Lipinski definition) is 4. The van der Waals surface area contributed by atoms with E-state index in [1.807, 2.05) is 0 Å².